The van der Waals surface area contributed by atoms with E-state index in [0.29, 0.717) is 6.54 Å². The van der Waals surface area contributed by atoms with E-state index in [-0.39, 0.29) is 0 Å². The van der Waals surface area contributed by atoms with Crippen molar-refractivity contribution in [3.05, 3.63) is 16.1 Å². The molecule has 0 saturated carbocycles. The summed E-state index contributed by atoms with van der Waals surface area (Å²) in [5.41, 5.74) is -1.82. The van der Waals surface area contributed by atoms with Gasteiger partial charge in [-0.2, -0.15) is 0 Å². The molecule has 0 aliphatic carbocycles. The number of aromatic nitrogens is 1. The number of hydrogen-bond acceptors (Lipinski definition) is 3. The van der Waals surface area contributed by atoms with Crippen LogP contribution in [-0.2, 0) is 17.8 Å². The van der Waals surface area contributed by atoms with Crippen LogP contribution in [0.2, 0.25) is 0 Å². The van der Waals surface area contributed by atoms with Crippen LogP contribution in [0.5, 0.6) is 0 Å². The Morgan fingerprint density at radius 2 is 2.33 bits per heavy atom. The lowest BCUT2D eigenvalue weighted by Gasteiger charge is -2.12. The van der Waals surface area contributed by atoms with Gasteiger partial charge >= 0.3 is 0 Å². The molecule has 1 aromatic heterocycles. The van der Waals surface area contributed by atoms with E-state index in [1.54, 1.807) is 6.20 Å². The van der Waals surface area contributed by atoms with E-state index in [4.69, 9.17) is 0 Å². The van der Waals surface area contributed by atoms with Crippen molar-refractivity contribution in [3.63, 3.8) is 0 Å². The first-order valence-electron chi connectivity index (χ1n) is 4.84. The highest BCUT2D eigenvalue weighted by molar-refractivity contribution is 7.11. The number of halogens is 1. The third-order valence-corrected chi connectivity index (χ3v) is 3.01. The summed E-state index contributed by atoms with van der Waals surface area (Å²) in [5.74, 6) is -0.589. The van der Waals surface area contributed by atoms with Crippen molar-refractivity contribution in [3.8, 4) is 0 Å². The quantitative estimate of drug-likeness (QED) is 0.860. The van der Waals surface area contributed by atoms with Crippen LogP contribution in [0.15, 0.2) is 6.20 Å². The fourth-order valence-electron chi connectivity index (χ4n) is 0.971. The van der Waals surface area contributed by atoms with Gasteiger partial charge < -0.3 is 5.32 Å². The Kier molecular flexibility index (Phi) is 3.79. The van der Waals surface area contributed by atoms with E-state index < -0.39 is 11.6 Å². The summed E-state index contributed by atoms with van der Waals surface area (Å²) in [6.07, 6.45) is 2.60. The van der Waals surface area contributed by atoms with Crippen molar-refractivity contribution in [2.24, 2.45) is 0 Å². The van der Waals surface area contributed by atoms with Crippen molar-refractivity contribution in [2.75, 3.05) is 0 Å². The number of thiazole rings is 1. The summed E-state index contributed by atoms with van der Waals surface area (Å²) < 4.78 is 13.1. The second kappa shape index (κ2) is 4.70. The van der Waals surface area contributed by atoms with E-state index in [1.807, 2.05) is 6.92 Å². The molecule has 0 atom stereocenters. The maximum Gasteiger partial charge on any atom is 0.257 e. The molecular formula is C10H15FN2OS. The number of rotatable bonds is 4. The lowest BCUT2D eigenvalue weighted by molar-refractivity contribution is -0.130. The first-order chi connectivity index (χ1) is 6.93. The molecule has 1 N–H and O–H groups in total. The summed E-state index contributed by atoms with van der Waals surface area (Å²) in [6, 6.07) is 0. The molecule has 0 saturated heterocycles. The molecule has 0 fully saturated rings. The second-order valence-corrected chi connectivity index (χ2v) is 4.93. The second-order valence-electron chi connectivity index (χ2n) is 3.73. The Bertz CT molecular complexity index is 343. The minimum Gasteiger partial charge on any atom is -0.348 e. The van der Waals surface area contributed by atoms with Crippen LogP contribution in [0.25, 0.3) is 0 Å². The van der Waals surface area contributed by atoms with E-state index in [2.05, 4.69) is 10.3 Å². The molecule has 15 heavy (non-hydrogen) atoms. The molecule has 1 amide bonds. The van der Waals surface area contributed by atoms with Gasteiger partial charge in [0.2, 0.25) is 0 Å². The summed E-state index contributed by atoms with van der Waals surface area (Å²) in [4.78, 5) is 16.3. The van der Waals surface area contributed by atoms with Gasteiger partial charge in [-0.3, -0.25) is 4.79 Å². The van der Waals surface area contributed by atoms with Gasteiger partial charge in [-0.25, -0.2) is 9.37 Å². The van der Waals surface area contributed by atoms with Gasteiger partial charge in [-0.1, -0.05) is 6.92 Å². The largest absolute Gasteiger partial charge is 0.348 e. The highest BCUT2D eigenvalue weighted by Crippen LogP contribution is 2.14. The molecule has 0 spiro atoms. The smallest absolute Gasteiger partial charge is 0.257 e. The molecule has 84 valence electrons. The Balaban J connectivity index is 2.47. The van der Waals surface area contributed by atoms with E-state index in [9.17, 15) is 9.18 Å². The van der Waals surface area contributed by atoms with Gasteiger partial charge in [0.1, 0.15) is 0 Å². The minimum absolute atomic E-state index is 0.351. The average Bonchev–Trinajstić information content (AvgIpc) is 2.60. The molecular weight excluding hydrogens is 215 g/mol. The predicted octanol–water partition coefficient (Wildman–Crippen LogP) is 2.07. The SMILES string of the molecule is CCc1ncc(CNC(=O)C(C)(C)F)s1. The lowest BCUT2D eigenvalue weighted by Crippen LogP contribution is -2.38. The standard InChI is InChI=1S/C10H15FN2OS/c1-4-8-12-5-7(15-8)6-13-9(14)10(2,3)11/h5H,4,6H2,1-3H3,(H,13,14). The van der Waals surface area contributed by atoms with Crippen LogP contribution in [0.4, 0.5) is 4.39 Å². The Morgan fingerprint density at radius 3 is 2.80 bits per heavy atom. The number of hydrogen-bond donors (Lipinski definition) is 1. The summed E-state index contributed by atoms with van der Waals surface area (Å²) in [5, 5.41) is 3.56. The Labute approximate surface area is 92.7 Å². The first kappa shape index (κ1) is 12.1. The zero-order valence-corrected chi connectivity index (χ0v) is 9.95. The minimum atomic E-state index is -1.82. The van der Waals surface area contributed by atoms with Crippen molar-refractivity contribution in [1.82, 2.24) is 10.3 Å². The number of alkyl halides is 1. The molecule has 0 unspecified atom stereocenters. The Hall–Kier alpha value is -0.970. The summed E-state index contributed by atoms with van der Waals surface area (Å²) in [7, 11) is 0. The third kappa shape index (κ3) is 3.58. The number of carbonyl (C=O) groups excluding carboxylic acids is 1. The molecule has 3 nitrogen and oxygen atoms in total. The number of amides is 1. The predicted molar refractivity (Wildman–Crippen MR) is 58.5 cm³/mol. The molecule has 1 aromatic rings. The van der Waals surface area contributed by atoms with Gasteiger partial charge in [-0.15, -0.1) is 11.3 Å². The van der Waals surface area contributed by atoms with Gasteiger partial charge in [-0.05, 0) is 20.3 Å². The zero-order chi connectivity index (χ0) is 11.5. The molecule has 1 heterocycles. The van der Waals surface area contributed by atoms with Crippen molar-refractivity contribution in [1.29, 1.82) is 0 Å². The Morgan fingerprint density at radius 1 is 1.67 bits per heavy atom. The molecule has 0 bridgehead atoms. The normalized spacial score (nSPS) is 11.5. The fourth-order valence-corrected chi connectivity index (χ4v) is 1.77. The monoisotopic (exact) mass is 230 g/mol. The van der Waals surface area contributed by atoms with Crippen LogP contribution < -0.4 is 5.32 Å². The topological polar surface area (TPSA) is 42.0 Å². The maximum absolute atomic E-state index is 13.1. The molecule has 1 rings (SSSR count). The van der Waals surface area contributed by atoms with Crippen LogP contribution in [0.1, 0.15) is 30.7 Å². The van der Waals surface area contributed by atoms with E-state index in [1.165, 1.54) is 25.2 Å². The number of nitrogens with one attached hydrogen (secondary N) is 1. The number of nitrogens with zero attached hydrogens (tertiary/aromatic N) is 1. The van der Waals surface area contributed by atoms with Gasteiger partial charge in [0.25, 0.3) is 5.91 Å². The highest BCUT2D eigenvalue weighted by Gasteiger charge is 2.25. The summed E-state index contributed by atoms with van der Waals surface area (Å²) in [6.45, 7) is 4.86. The van der Waals surface area contributed by atoms with Crippen molar-refractivity contribution < 1.29 is 9.18 Å². The van der Waals surface area contributed by atoms with Gasteiger partial charge in [0.05, 0.1) is 11.6 Å². The first-order valence-corrected chi connectivity index (χ1v) is 5.66. The number of carbonyl (C=O) groups is 1. The van der Waals surface area contributed by atoms with Crippen molar-refractivity contribution >= 4 is 17.2 Å². The fraction of sp³-hybridized carbons (Fsp3) is 0.600. The zero-order valence-electron chi connectivity index (χ0n) is 9.13. The van der Waals surface area contributed by atoms with Crippen molar-refractivity contribution in [2.45, 2.75) is 39.4 Å². The molecule has 0 aromatic carbocycles. The highest BCUT2D eigenvalue weighted by atomic mass is 32.1. The van der Waals surface area contributed by atoms with Crippen LogP contribution in [0.3, 0.4) is 0 Å². The van der Waals surface area contributed by atoms with E-state index >= 15 is 0 Å². The lowest BCUT2D eigenvalue weighted by atomic mass is 10.1. The average molecular weight is 230 g/mol. The van der Waals surface area contributed by atoms with E-state index in [0.717, 1.165) is 16.3 Å². The molecule has 0 aliphatic heterocycles. The molecule has 5 heteroatoms. The molecule has 0 aliphatic rings. The number of aryl methyl sites for hydroxylation is 1. The summed E-state index contributed by atoms with van der Waals surface area (Å²) >= 11 is 1.54. The van der Waals surface area contributed by atoms with Crippen LogP contribution >= 0.6 is 11.3 Å². The van der Waals surface area contributed by atoms with Gasteiger partial charge in [0.15, 0.2) is 5.67 Å². The van der Waals surface area contributed by atoms with Crippen LogP contribution in [-0.4, -0.2) is 16.6 Å². The maximum atomic E-state index is 13.1. The molecule has 0 radical (unpaired) electrons. The van der Waals surface area contributed by atoms with Gasteiger partial charge in [0, 0.05) is 11.1 Å². The van der Waals surface area contributed by atoms with Crippen LogP contribution in [0, 0.1) is 0 Å². The third-order valence-electron chi connectivity index (χ3n) is 1.87.